The van der Waals surface area contributed by atoms with Gasteiger partial charge in [0, 0.05) is 12.0 Å². The molecule has 5 heteroatoms. The van der Waals surface area contributed by atoms with Gasteiger partial charge in [0.1, 0.15) is 11.6 Å². The summed E-state index contributed by atoms with van der Waals surface area (Å²) in [4.78, 5) is 10.2. The van der Waals surface area contributed by atoms with Crippen molar-refractivity contribution < 1.29 is 18.7 Å². The van der Waals surface area contributed by atoms with Crippen LogP contribution in [0.5, 0.6) is 0 Å². The highest BCUT2D eigenvalue weighted by Crippen LogP contribution is 2.23. The minimum atomic E-state index is -1.08. The number of halogens is 3. The van der Waals surface area contributed by atoms with Gasteiger partial charge in [-0.05, 0) is 18.6 Å². The summed E-state index contributed by atoms with van der Waals surface area (Å²) in [6, 6.07) is 1.83. The first kappa shape index (κ1) is 10.9. The van der Waals surface area contributed by atoms with Crippen LogP contribution in [0.25, 0.3) is 0 Å². The number of carbonyl (C=O) groups is 1. The van der Waals surface area contributed by atoms with Crippen molar-refractivity contribution >= 4 is 17.6 Å². The molecule has 0 heterocycles. The lowest BCUT2D eigenvalue weighted by Crippen LogP contribution is -2.01. The van der Waals surface area contributed by atoms with Crippen LogP contribution in [0, 0.1) is 11.6 Å². The van der Waals surface area contributed by atoms with Crippen LogP contribution < -0.4 is 0 Å². The number of rotatable bonds is 3. The van der Waals surface area contributed by atoms with Gasteiger partial charge < -0.3 is 5.11 Å². The lowest BCUT2D eigenvalue weighted by molar-refractivity contribution is -0.136. The minimum Gasteiger partial charge on any atom is -0.481 e. The van der Waals surface area contributed by atoms with E-state index >= 15 is 0 Å². The monoisotopic (exact) mass is 220 g/mol. The summed E-state index contributed by atoms with van der Waals surface area (Å²) < 4.78 is 25.9. The van der Waals surface area contributed by atoms with E-state index in [9.17, 15) is 13.6 Å². The van der Waals surface area contributed by atoms with Crippen molar-refractivity contribution in [2.45, 2.75) is 12.8 Å². The highest BCUT2D eigenvalue weighted by Gasteiger charge is 2.12. The molecule has 0 radical (unpaired) electrons. The second-order valence-electron chi connectivity index (χ2n) is 2.72. The molecular formula is C9H7ClF2O2. The van der Waals surface area contributed by atoms with Crippen molar-refractivity contribution in [3.05, 3.63) is 34.4 Å². The standard InChI is InChI=1S/C9H7ClF2O2/c10-9-5(1-4-8(13)14)6(11)2-3-7(9)12/h2-3H,1,4H2,(H,13,14). The smallest absolute Gasteiger partial charge is 0.303 e. The summed E-state index contributed by atoms with van der Waals surface area (Å²) in [5.74, 6) is -2.50. The van der Waals surface area contributed by atoms with E-state index in [4.69, 9.17) is 16.7 Å². The van der Waals surface area contributed by atoms with Crippen molar-refractivity contribution in [3.63, 3.8) is 0 Å². The van der Waals surface area contributed by atoms with Gasteiger partial charge in [0.05, 0.1) is 5.02 Å². The third-order valence-corrected chi connectivity index (χ3v) is 2.14. The molecule has 0 atom stereocenters. The van der Waals surface area contributed by atoms with Crippen molar-refractivity contribution in [2.75, 3.05) is 0 Å². The maximum Gasteiger partial charge on any atom is 0.303 e. The number of aliphatic carboxylic acids is 1. The minimum absolute atomic E-state index is 0.0888. The summed E-state index contributed by atoms with van der Waals surface area (Å²) in [6.07, 6.45) is -0.391. The molecular weight excluding hydrogens is 214 g/mol. The molecule has 0 aliphatic heterocycles. The Morgan fingerprint density at radius 2 is 1.93 bits per heavy atom. The Hall–Kier alpha value is -1.16. The summed E-state index contributed by atoms with van der Waals surface area (Å²) in [6.45, 7) is 0. The third kappa shape index (κ3) is 2.42. The van der Waals surface area contributed by atoms with Crippen LogP contribution in [-0.2, 0) is 11.2 Å². The molecule has 76 valence electrons. The van der Waals surface area contributed by atoms with Gasteiger partial charge in [0.25, 0.3) is 0 Å². The Bertz CT molecular complexity index is 366. The number of hydrogen-bond donors (Lipinski definition) is 1. The van der Waals surface area contributed by atoms with Crippen LogP contribution >= 0.6 is 11.6 Å². The van der Waals surface area contributed by atoms with E-state index in [0.717, 1.165) is 12.1 Å². The summed E-state index contributed by atoms with van der Waals surface area (Å²) in [5, 5.41) is 8.03. The Balaban J connectivity index is 2.95. The average molecular weight is 221 g/mol. The van der Waals surface area contributed by atoms with Gasteiger partial charge in [-0.2, -0.15) is 0 Å². The largest absolute Gasteiger partial charge is 0.481 e. The quantitative estimate of drug-likeness (QED) is 0.795. The lowest BCUT2D eigenvalue weighted by Gasteiger charge is -2.04. The Kier molecular flexibility index (Phi) is 3.41. The number of carboxylic acids is 1. The van der Waals surface area contributed by atoms with Crippen molar-refractivity contribution in [1.29, 1.82) is 0 Å². The van der Waals surface area contributed by atoms with E-state index in [1.165, 1.54) is 0 Å². The second-order valence-corrected chi connectivity index (χ2v) is 3.09. The summed E-state index contributed by atoms with van der Waals surface area (Å²) >= 11 is 5.47. The Morgan fingerprint density at radius 1 is 1.36 bits per heavy atom. The SMILES string of the molecule is O=C(O)CCc1c(F)ccc(F)c1Cl. The van der Waals surface area contributed by atoms with Gasteiger partial charge in [-0.3, -0.25) is 4.79 Å². The first-order chi connectivity index (χ1) is 6.52. The zero-order valence-electron chi connectivity index (χ0n) is 7.06. The van der Waals surface area contributed by atoms with E-state index in [-0.39, 0.29) is 23.4 Å². The van der Waals surface area contributed by atoms with Gasteiger partial charge in [-0.1, -0.05) is 11.6 Å². The number of benzene rings is 1. The maximum atomic E-state index is 13.0. The van der Waals surface area contributed by atoms with Crippen molar-refractivity contribution in [2.24, 2.45) is 0 Å². The molecule has 0 fully saturated rings. The zero-order chi connectivity index (χ0) is 10.7. The van der Waals surface area contributed by atoms with E-state index in [1.807, 2.05) is 0 Å². The van der Waals surface area contributed by atoms with Gasteiger partial charge in [-0.25, -0.2) is 8.78 Å². The highest BCUT2D eigenvalue weighted by molar-refractivity contribution is 6.31. The summed E-state index contributed by atoms with van der Waals surface area (Å²) in [5.41, 5.74) is -0.0888. The third-order valence-electron chi connectivity index (χ3n) is 1.73. The van der Waals surface area contributed by atoms with Crippen LogP contribution in [0.15, 0.2) is 12.1 Å². The average Bonchev–Trinajstić information content (AvgIpc) is 2.11. The van der Waals surface area contributed by atoms with Gasteiger partial charge in [0.15, 0.2) is 0 Å². The van der Waals surface area contributed by atoms with Crippen LogP contribution in [0.3, 0.4) is 0 Å². The molecule has 0 saturated carbocycles. The second kappa shape index (κ2) is 4.37. The van der Waals surface area contributed by atoms with Crippen LogP contribution in [0.2, 0.25) is 5.02 Å². The molecule has 0 amide bonds. The normalized spacial score (nSPS) is 10.2. The fourth-order valence-electron chi connectivity index (χ4n) is 1.03. The van der Waals surface area contributed by atoms with Gasteiger partial charge >= 0.3 is 5.97 Å². The predicted molar refractivity (Wildman–Crippen MR) is 47.3 cm³/mol. The maximum absolute atomic E-state index is 13.0. The van der Waals surface area contributed by atoms with Crippen LogP contribution in [0.1, 0.15) is 12.0 Å². The van der Waals surface area contributed by atoms with Crippen LogP contribution in [-0.4, -0.2) is 11.1 Å². The lowest BCUT2D eigenvalue weighted by atomic mass is 10.1. The van der Waals surface area contributed by atoms with E-state index in [0.29, 0.717) is 0 Å². The first-order valence-corrected chi connectivity index (χ1v) is 4.24. The number of carboxylic acid groups (broad SMARTS) is 1. The molecule has 0 saturated heterocycles. The fraction of sp³-hybridized carbons (Fsp3) is 0.222. The van der Waals surface area contributed by atoms with Gasteiger partial charge in [0.2, 0.25) is 0 Å². The molecule has 1 aromatic carbocycles. The zero-order valence-corrected chi connectivity index (χ0v) is 7.81. The summed E-state index contributed by atoms with van der Waals surface area (Å²) in [7, 11) is 0. The van der Waals surface area contributed by atoms with E-state index in [2.05, 4.69) is 0 Å². The van der Waals surface area contributed by atoms with Crippen molar-refractivity contribution in [3.8, 4) is 0 Å². The van der Waals surface area contributed by atoms with Crippen LogP contribution in [0.4, 0.5) is 8.78 Å². The molecule has 0 aliphatic rings. The topological polar surface area (TPSA) is 37.3 Å². The van der Waals surface area contributed by atoms with E-state index in [1.54, 1.807) is 0 Å². The molecule has 0 aromatic heterocycles. The Labute approximate surface area is 84.1 Å². The Morgan fingerprint density at radius 3 is 2.50 bits per heavy atom. The molecule has 1 rings (SSSR count). The first-order valence-electron chi connectivity index (χ1n) is 3.86. The predicted octanol–water partition coefficient (Wildman–Crippen LogP) is 2.64. The molecule has 2 nitrogen and oxygen atoms in total. The number of hydrogen-bond acceptors (Lipinski definition) is 1. The molecule has 0 unspecified atom stereocenters. The molecule has 0 aliphatic carbocycles. The molecule has 0 bridgehead atoms. The fourth-order valence-corrected chi connectivity index (χ4v) is 1.28. The van der Waals surface area contributed by atoms with E-state index < -0.39 is 17.6 Å². The highest BCUT2D eigenvalue weighted by atomic mass is 35.5. The van der Waals surface area contributed by atoms with Crippen molar-refractivity contribution in [1.82, 2.24) is 0 Å². The molecule has 1 N–H and O–H groups in total. The molecule has 14 heavy (non-hydrogen) atoms. The molecule has 0 spiro atoms. The van der Waals surface area contributed by atoms with Gasteiger partial charge in [-0.15, -0.1) is 0 Å². The molecule has 1 aromatic rings.